The van der Waals surface area contributed by atoms with E-state index in [4.69, 9.17) is 0 Å². The first kappa shape index (κ1) is 22.6. The zero-order valence-corrected chi connectivity index (χ0v) is 19.0. The van der Waals surface area contributed by atoms with Gasteiger partial charge >= 0.3 is 0 Å². The number of nitro groups is 1. The van der Waals surface area contributed by atoms with Gasteiger partial charge in [0.05, 0.1) is 15.5 Å². The lowest BCUT2D eigenvalue weighted by Gasteiger charge is -2.15. The van der Waals surface area contributed by atoms with Crippen molar-refractivity contribution in [1.82, 2.24) is 4.31 Å². The Balaban J connectivity index is 1.55. The highest BCUT2D eigenvalue weighted by Crippen LogP contribution is 2.30. The summed E-state index contributed by atoms with van der Waals surface area (Å²) in [6, 6.07) is 21.7. The van der Waals surface area contributed by atoms with Crippen LogP contribution in [0.2, 0.25) is 0 Å². The molecule has 0 aromatic heterocycles. The Morgan fingerprint density at radius 2 is 1.61 bits per heavy atom. The van der Waals surface area contributed by atoms with Crippen molar-refractivity contribution in [3.05, 3.63) is 88.5 Å². The Hall–Kier alpha value is -3.56. The van der Waals surface area contributed by atoms with Gasteiger partial charge in [-0.25, -0.2) is 8.42 Å². The maximum Gasteiger partial charge on any atom is 0.295 e. The second-order valence-corrected chi connectivity index (χ2v) is 9.74. The van der Waals surface area contributed by atoms with Crippen LogP contribution in [0.5, 0.6) is 0 Å². The molecule has 1 aliphatic heterocycles. The molecule has 8 nitrogen and oxygen atoms in total. The van der Waals surface area contributed by atoms with Crippen molar-refractivity contribution in [3.63, 3.8) is 0 Å². The van der Waals surface area contributed by atoms with E-state index < -0.39 is 14.9 Å². The van der Waals surface area contributed by atoms with Crippen molar-refractivity contribution in [2.45, 2.75) is 24.7 Å². The average Bonchev–Trinajstić information content (AvgIpc) is 3.39. The zero-order chi connectivity index (χ0) is 23.4. The molecule has 9 heteroatoms. The van der Waals surface area contributed by atoms with Crippen molar-refractivity contribution in [3.8, 4) is 11.1 Å². The zero-order valence-electron chi connectivity index (χ0n) is 18.1. The minimum Gasteiger partial charge on any atom is -0.271 e. The summed E-state index contributed by atoms with van der Waals surface area (Å²) in [6.07, 6.45) is 1.59. The Morgan fingerprint density at radius 3 is 2.24 bits per heavy atom. The van der Waals surface area contributed by atoms with Gasteiger partial charge in [-0.05, 0) is 48.6 Å². The molecule has 4 rings (SSSR count). The molecule has 0 aliphatic carbocycles. The second kappa shape index (κ2) is 9.51. The number of benzene rings is 3. The number of nitrogens with zero attached hydrogens (tertiary/aromatic N) is 3. The van der Waals surface area contributed by atoms with E-state index in [0.29, 0.717) is 18.8 Å². The van der Waals surface area contributed by atoms with E-state index in [-0.39, 0.29) is 16.3 Å². The van der Waals surface area contributed by atoms with Crippen LogP contribution >= 0.6 is 0 Å². The number of nitrogens with one attached hydrogen (secondary N) is 1. The normalized spacial score (nSPS) is 14.9. The Kier molecular flexibility index (Phi) is 6.52. The molecular weight excluding hydrogens is 440 g/mol. The molecule has 0 spiro atoms. The lowest BCUT2D eigenvalue weighted by molar-refractivity contribution is -0.384. The molecule has 3 aromatic rings. The first-order chi connectivity index (χ1) is 15.9. The van der Waals surface area contributed by atoms with E-state index in [1.54, 1.807) is 6.92 Å². The Labute approximate surface area is 192 Å². The molecular formula is C24H24N4O4S. The van der Waals surface area contributed by atoms with E-state index in [9.17, 15) is 18.5 Å². The molecule has 0 unspecified atom stereocenters. The predicted octanol–water partition coefficient (Wildman–Crippen LogP) is 4.88. The molecule has 0 saturated carbocycles. The van der Waals surface area contributed by atoms with Gasteiger partial charge in [0.1, 0.15) is 5.69 Å². The number of hydrogen-bond donors (Lipinski definition) is 1. The van der Waals surface area contributed by atoms with Crippen LogP contribution in [0.25, 0.3) is 11.1 Å². The number of hydrogen-bond acceptors (Lipinski definition) is 6. The summed E-state index contributed by atoms with van der Waals surface area (Å²) in [4.78, 5) is 10.9. The van der Waals surface area contributed by atoms with Crippen LogP contribution in [0.4, 0.5) is 11.4 Å². The first-order valence-corrected chi connectivity index (χ1v) is 12.0. The predicted molar refractivity (Wildman–Crippen MR) is 129 cm³/mol. The van der Waals surface area contributed by atoms with Gasteiger partial charge in [-0.15, -0.1) is 0 Å². The minimum atomic E-state index is -3.75. The Morgan fingerprint density at radius 1 is 0.970 bits per heavy atom. The average molecular weight is 465 g/mol. The van der Waals surface area contributed by atoms with Crippen molar-refractivity contribution in [2.75, 3.05) is 18.5 Å². The van der Waals surface area contributed by atoms with Gasteiger partial charge in [0.2, 0.25) is 10.0 Å². The van der Waals surface area contributed by atoms with E-state index in [1.165, 1.54) is 16.4 Å². The van der Waals surface area contributed by atoms with Gasteiger partial charge in [0, 0.05) is 19.2 Å². The molecule has 170 valence electrons. The van der Waals surface area contributed by atoms with Crippen molar-refractivity contribution in [2.24, 2.45) is 5.10 Å². The molecule has 0 atom stereocenters. The van der Waals surface area contributed by atoms with E-state index in [0.717, 1.165) is 35.6 Å². The quantitative estimate of drug-likeness (QED) is 0.305. The van der Waals surface area contributed by atoms with Gasteiger partial charge in [0.25, 0.3) is 5.69 Å². The van der Waals surface area contributed by atoms with E-state index in [2.05, 4.69) is 10.5 Å². The minimum absolute atomic E-state index is 0.0844. The van der Waals surface area contributed by atoms with Crippen LogP contribution in [0, 0.1) is 10.1 Å². The summed E-state index contributed by atoms with van der Waals surface area (Å²) in [7, 11) is -3.75. The number of nitro benzene ring substituents is 1. The fourth-order valence-corrected chi connectivity index (χ4v) is 5.28. The first-order valence-electron chi connectivity index (χ1n) is 10.6. The van der Waals surface area contributed by atoms with Crippen molar-refractivity contribution >= 4 is 27.1 Å². The van der Waals surface area contributed by atoms with Crippen LogP contribution in [0.1, 0.15) is 25.3 Å². The van der Waals surface area contributed by atoms with Crippen LogP contribution in [-0.2, 0) is 10.0 Å². The van der Waals surface area contributed by atoms with Crippen molar-refractivity contribution < 1.29 is 13.3 Å². The topological polar surface area (TPSA) is 105 Å². The molecule has 1 saturated heterocycles. The summed E-state index contributed by atoms with van der Waals surface area (Å²) in [6.45, 7) is 2.66. The highest BCUT2D eigenvalue weighted by molar-refractivity contribution is 7.89. The molecule has 1 N–H and O–H groups in total. The largest absolute Gasteiger partial charge is 0.295 e. The number of rotatable bonds is 7. The number of anilines is 1. The third kappa shape index (κ3) is 4.94. The lowest BCUT2D eigenvalue weighted by atomic mass is 10.0. The van der Waals surface area contributed by atoms with Gasteiger partial charge in [-0.1, -0.05) is 54.6 Å². The second-order valence-electron chi connectivity index (χ2n) is 7.80. The SMILES string of the molecule is CC(=NNc1ccc(S(=O)(=O)N2CCCC2)cc1[N+](=O)[O-])c1ccc(-c2ccccc2)cc1. The molecule has 33 heavy (non-hydrogen) atoms. The number of sulfonamides is 1. The molecule has 1 heterocycles. The monoisotopic (exact) mass is 464 g/mol. The van der Waals surface area contributed by atoms with Gasteiger partial charge in [-0.2, -0.15) is 9.41 Å². The summed E-state index contributed by atoms with van der Waals surface area (Å²) in [5.41, 5.74) is 6.19. The molecule has 0 amide bonds. The molecule has 0 bridgehead atoms. The van der Waals surface area contributed by atoms with Gasteiger partial charge < -0.3 is 0 Å². The van der Waals surface area contributed by atoms with E-state index >= 15 is 0 Å². The fraction of sp³-hybridized carbons (Fsp3) is 0.208. The maximum absolute atomic E-state index is 12.8. The van der Waals surface area contributed by atoms with Crippen LogP contribution in [0.15, 0.2) is 82.8 Å². The van der Waals surface area contributed by atoms with Crippen LogP contribution in [-0.4, -0.2) is 36.4 Å². The summed E-state index contributed by atoms with van der Waals surface area (Å²) >= 11 is 0. The van der Waals surface area contributed by atoms with Gasteiger partial charge in [0.15, 0.2) is 0 Å². The van der Waals surface area contributed by atoms with Gasteiger partial charge in [-0.3, -0.25) is 15.5 Å². The lowest BCUT2D eigenvalue weighted by Crippen LogP contribution is -2.27. The molecule has 0 radical (unpaired) electrons. The molecule has 1 fully saturated rings. The van der Waals surface area contributed by atoms with Crippen LogP contribution in [0.3, 0.4) is 0 Å². The highest BCUT2D eigenvalue weighted by Gasteiger charge is 2.29. The summed E-state index contributed by atoms with van der Waals surface area (Å²) in [5, 5.41) is 15.9. The smallest absolute Gasteiger partial charge is 0.271 e. The molecule has 1 aliphatic rings. The Bertz CT molecular complexity index is 1280. The maximum atomic E-state index is 12.8. The van der Waals surface area contributed by atoms with E-state index in [1.807, 2.05) is 54.6 Å². The highest BCUT2D eigenvalue weighted by atomic mass is 32.2. The third-order valence-corrected chi connectivity index (χ3v) is 7.52. The standard InChI is InChI=1S/C24H24N4O4S/c1-18(19-9-11-21(12-10-19)20-7-3-2-4-8-20)25-26-23-14-13-22(17-24(23)28(29)30)33(31,32)27-15-5-6-16-27/h2-4,7-14,17,26H,5-6,15-16H2,1H3. The van der Waals surface area contributed by atoms with Crippen molar-refractivity contribution in [1.29, 1.82) is 0 Å². The van der Waals surface area contributed by atoms with Crippen LogP contribution < -0.4 is 5.43 Å². The summed E-state index contributed by atoms with van der Waals surface area (Å²) < 4.78 is 26.9. The third-order valence-electron chi connectivity index (χ3n) is 5.62. The molecule has 3 aromatic carbocycles. The fourth-order valence-electron chi connectivity index (χ4n) is 3.74. The summed E-state index contributed by atoms with van der Waals surface area (Å²) in [5.74, 6) is 0. The number of hydrazone groups is 1.